The van der Waals surface area contributed by atoms with Crippen molar-refractivity contribution >= 4 is 0 Å². The minimum absolute atomic E-state index is 0.137. The summed E-state index contributed by atoms with van der Waals surface area (Å²) in [6.07, 6.45) is 0.688. The molecule has 0 saturated heterocycles. The van der Waals surface area contributed by atoms with Gasteiger partial charge < -0.3 is 10.0 Å². The lowest BCUT2D eigenvalue weighted by Gasteiger charge is -2.35. The van der Waals surface area contributed by atoms with Gasteiger partial charge in [0.05, 0.1) is 5.60 Å². The van der Waals surface area contributed by atoms with Gasteiger partial charge in [-0.2, -0.15) is 0 Å². The van der Waals surface area contributed by atoms with Gasteiger partial charge in [-0.25, -0.2) is 0 Å². The van der Waals surface area contributed by atoms with E-state index in [1.807, 2.05) is 51.0 Å². The largest absolute Gasteiger partial charge is 0.388 e. The van der Waals surface area contributed by atoms with Gasteiger partial charge in [-0.1, -0.05) is 30.3 Å². The Morgan fingerprint density at radius 3 is 2.27 bits per heavy atom. The maximum Gasteiger partial charge on any atom is 0.0811 e. The average molecular weight is 207 g/mol. The normalized spacial score (nSPS) is 17.5. The third-order valence-corrected chi connectivity index (χ3v) is 3.08. The van der Waals surface area contributed by atoms with Crippen LogP contribution in [-0.2, 0) is 6.42 Å². The molecule has 0 radical (unpaired) electrons. The fraction of sp³-hybridized carbons (Fsp3) is 0.538. The third-order valence-electron chi connectivity index (χ3n) is 3.08. The van der Waals surface area contributed by atoms with E-state index >= 15 is 0 Å². The van der Waals surface area contributed by atoms with E-state index in [9.17, 15) is 5.11 Å². The Morgan fingerprint density at radius 1 is 1.27 bits per heavy atom. The van der Waals surface area contributed by atoms with Gasteiger partial charge in [-0.15, -0.1) is 0 Å². The molecule has 0 fully saturated rings. The fourth-order valence-corrected chi connectivity index (χ4v) is 1.71. The van der Waals surface area contributed by atoms with Crippen LogP contribution in [0.15, 0.2) is 30.3 Å². The molecule has 1 aromatic rings. The molecule has 2 nitrogen and oxygen atoms in total. The van der Waals surface area contributed by atoms with E-state index in [-0.39, 0.29) is 6.04 Å². The summed E-state index contributed by atoms with van der Waals surface area (Å²) in [5.74, 6) is 0. The molecule has 0 saturated carbocycles. The second-order valence-electron chi connectivity index (χ2n) is 4.66. The fourth-order valence-electron chi connectivity index (χ4n) is 1.71. The second-order valence-corrected chi connectivity index (χ2v) is 4.66. The predicted octanol–water partition coefficient (Wildman–Crippen LogP) is 1.93. The van der Waals surface area contributed by atoms with Crippen molar-refractivity contribution in [2.24, 2.45) is 0 Å². The highest BCUT2D eigenvalue weighted by Gasteiger charge is 2.29. The highest BCUT2D eigenvalue weighted by atomic mass is 16.3. The van der Waals surface area contributed by atoms with Crippen molar-refractivity contribution in [3.05, 3.63) is 35.9 Å². The molecule has 0 aliphatic rings. The number of hydrogen-bond acceptors (Lipinski definition) is 2. The molecule has 15 heavy (non-hydrogen) atoms. The highest BCUT2D eigenvalue weighted by molar-refractivity contribution is 5.17. The molecular weight excluding hydrogens is 186 g/mol. The Morgan fingerprint density at radius 2 is 1.80 bits per heavy atom. The third kappa shape index (κ3) is 3.33. The van der Waals surface area contributed by atoms with Crippen molar-refractivity contribution in [2.45, 2.75) is 31.9 Å². The van der Waals surface area contributed by atoms with Crippen LogP contribution >= 0.6 is 0 Å². The Bertz CT molecular complexity index is 293. The van der Waals surface area contributed by atoms with Crippen LogP contribution in [0.2, 0.25) is 0 Å². The summed E-state index contributed by atoms with van der Waals surface area (Å²) in [6, 6.07) is 10.2. The number of aliphatic hydroxyl groups is 1. The lowest BCUT2D eigenvalue weighted by molar-refractivity contribution is -0.00966. The SMILES string of the molecule is C[C@@H](N(C)C)[C@@](C)(O)Cc1ccccc1. The van der Waals surface area contributed by atoms with Crippen LogP contribution in [0, 0.1) is 0 Å². The first-order valence-corrected chi connectivity index (χ1v) is 5.36. The molecule has 0 aliphatic heterocycles. The van der Waals surface area contributed by atoms with Crippen molar-refractivity contribution in [1.29, 1.82) is 0 Å². The molecule has 2 heteroatoms. The van der Waals surface area contributed by atoms with E-state index in [4.69, 9.17) is 0 Å². The van der Waals surface area contributed by atoms with Crippen molar-refractivity contribution in [1.82, 2.24) is 4.90 Å². The minimum atomic E-state index is -0.690. The van der Waals surface area contributed by atoms with Gasteiger partial charge in [0.1, 0.15) is 0 Å². The molecule has 2 atom stereocenters. The van der Waals surface area contributed by atoms with E-state index < -0.39 is 5.60 Å². The molecule has 0 unspecified atom stereocenters. The molecule has 0 amide bonds. The Kier molecular flexibility index (Phi) is 3.89. The maximum atomic E-state index is 10.4. The summed E-state index contributed by atoms with van der Waals surface area (Å²) in [6.45, 7) is 3.94. The summed E-state index contributed by atoms with van der Waals surface area (Å²) in [4.78, 5) is 2.04. The molecule has 0 spiro atoms. The molecule has 0 aliphatic carbocycles. The quantitative estimate of drug-likeness (QED) is 0.815. The lowest BCUT2D eigenvalue weighted by Crippen LogP contribution is -2.47. The van der Waals surface area contributed by atoms with Gasteiger partial charge in [0.2, 0.25) is 0 Å². The van der Waals surface area contributed by atoms with Gasteiger partial charge in [0.15, 0.2) is 0 Å². The summed E-state index contributed by atoms with van der Waals surface area (Å²) in [5, 5.41) is 10.4. The van der Waals surface area contributed by atoms with E-state index in [0.717, 1.165) is 0 Å². The molecule has 0 bridgehead atoms. The number of rotatable bonds is 4. The number of hydrogen-bond donors (Lipinski definition) is 1. The monoisotopic (exact) mass is 207 g/mol. The minimum Gasteiger partial charge on any atom is -0.388 e. The van der Waals surface area contributed by atoms with E-state index in [2.05, 4.69) is 12.1 Å². The average Bonchev–Trinajstić information content (AvgIpc) is 2.17. The Hall–Kier alpha value is -0.860. The van der Waals surface area contributed by atoms with Crippen LogP contribution in [-0.4, -0.2) is 35.7 Å². The predicted molar refractivity (Wildman–Crippen MR) is 63.9 cm³/mol. The first-order valence-electron chi connectivity index (χ1n) is 5.36. The number of benzene rings is 1. The highest BCUT2D eigenvalue weighted by Crippen LogP contribution is 2.19. The maximum absolute atomic E-state index is 10.4. The molecule has 84 valence electrons. The zero-order chi connectivity index (χ0) is 11.5. The van der Waals surface area contributed by atoms with Gasteiger partial charge in [0.25, 0.3) is 0 Å². The van der Waals surface area contributed by atoms with E-state index in [1.54, 1.807) is 0 Å². The molecule has 1 rings (SSSR count). The first-order chi connectivity index (χ1) is 6.93. The topological polar surface area (TPSA) is 23.5 Å². The van der Waals surface area contributed by atoms with Gasteiger partial charge >= 0.3 is 0 Å². The smallest absolute Gasteiger partial charge is 0.0811 e. The lowest BCUT2D eigenvalue weighted by atomic mass is 9.89. The molecule has 0 aromatic heterocycles. The number of nitrogens with zero attached hydrogens (tertiary/aromatic N) is 1. The zero-order valence-electron chi connectivity index (χ0n) is 10.1. The first kappa shape index (κ1) is 12.2. The molecule has 1 aromatic carbocycles. The van der Waals surface area contributed by atoms with Crippen LogP contribution < -0.4 is 0 Å². The summed E-state index contributed by atoms with van der Waals surface area (Å²) in [5.41, 5.74) is 0.487. The van der Waals surface area contributed by atoms with Crippen LogP contribution in [0.1, 0.15) is 19.4 Å². The molecule has 0 heterocycles. The van der Waals surface area contributed by atoms with Crippen molar-refractivity contribution in [3.63, 3.8) is 0 Å². The van der Waals surface area contributed by atoms with Crippen LogP contribution in [0.3, 0.4) is 0 Å². The van der Waals surface area contributed by atoms with Crippen LogP contribution in [0.25, 0.3) is 0 Å². The van der Waals surface area contributed by atoms with E-state index in [1.165, 1.54) is 5.56 Å². The second kappa shape index (κ2) is 4.77. The van der Waals surface area contributed by atoms with Crippen molar-refractivity contribution in [2.75, 3.05) is 14.1 Å². The van der Waals surface area contributed by atoms with Crippen LogP contribution in [0.4, 0.5) is 0 Å². The van der Waals surface area contributed by atoms with Gasteiger partial charge in [-0.3, -0.25) is 0 Å². The van der Waals surface area contributed by atoms with Crippen LogP contribution in [0.5, 0.6) is 0 Å². The van der Waals surface area contributed by atoms with E-state index in [0.29, 0.717) is 6.42 Å². The van der Waals surface area contributed by atoms with Crippen molar-refractivity contribution < 1.29 is 5.11 Å². The zero-order valence-corrected chi connectivity index (χ0v) is 10.1. The van der Waals surface area contributed by atoms with Crippen molar-refractivity contribution in [3.8, 4) is 0 Å². The molecular formula is C13H21NO. The summed E-state index contributed by atoms with van der Waals surface area (Å²) >= 11 is 0. The van der Waals surface area contributed by atoms with Gasteiger partial charge in [0, 0.05) is 12.5 Å². The summed E-state index contributed by atoms with van der Waals surface area (Å²) < 4.78 is 0. The Balaban J connectivity index is 2.72. The standard InChI is InChI=1S/C13H21NO/c1-11(14(3)4)13(2,15)10-12-8-6-5-7-9-12/h5-9,11,15H,10H2,1-4H3/t11-,13+/m1/s1. The Labute approximate surface area is 92.5 Å². The molecule has 1 N–H and O–H groups in total. The number of likely N-dealkylation sites (N-methyl/N-ethyl adjacent to an activating group) is 1. The van der Waals surface area contributed by atoms with Gasteiger partial charge in [-0.05, 0) is 33.5 Å². The summed E-state index contributed by atoms with van der Waals surface area (Å²) in [7, 11) is 3.98.